The molecular formula is C20H26N4O2. The van der Waals surface area contributed by atoms with Crippen molar-refractivity contribution in [3.8, 4) is 0 Å². The predicted octanol–water partition coefficient (Wildman–Crippen LogP) is 2.50. The average Bonchev–Trinajstić information content (AvgIpc) is 3.28. The number of carbonyl (C=O) groups excluding carboxylic acids is 2. The molecule has 2 saturated heterocycles. The first-order valence-corrected chi connectivity index (χ1v) is 9.46. The van der Waals surface area contributed by atoms with Gasteiger partial charge in [0.1, 0.15) is 0 Å². The Hall–Kier alpha value is -2.50. The number of para-hydroxylation sites is 1. The van der Waals surface area contributed by atoms with Crippen molar-refractivity contribution >= 4 is 22.8 Å². The number of hydrogen-bond acceptors (Lipinski definition) is 2. The molecule has 1 aromatic heterocycles. The molecule has 0 unspecified atom stereocenters. The average molecular weight is 354 g/mol. The first kappa shape index (κ1) is 16.9. The molecule has 0 radical (unpaired) electrons. The smallest absolute Gasteiger partial charge is 0.317 e. The van der Waals surface area contributed by atoms with Crippen molar-refractivity contribution in [2.24, 2.45) is 0 Å². The summed E-state index contributed by atoms with van der Waals surface area (Å²) in [5.41, 5.74) is 2.11. The first-order valence-electron chi connectivity index (χ1n) is 9.46. The molecule has 0 saturated carbocycles. The van der Waals surface area contributed by atoms with Gasteiger partial charge in [0.05, 0.1) is 18.5 Å². The highest BCUT2D eigenvalue weighted by molar-refractivity contribution is 5.89. The summed E-state index contributed by atoms with van der Waals surface area (Å²) >= 11 is 0. The van der Waals surface area contributed by atoms with Gasteiger partial charge in [-0.05, 0) is 38.3 Å². The Labute approximate surface area is 153 Å². The lowest BCUT2D eigenvalue weighted by Gasteiger charge is -2.26. The summed E-state index contributed by atoms with van der Waals surface area (Å²) in [6.45, 7) is 5.40. The van der Waals surface area contributed by atoms with E-state index in [1.165, 1.54) is 0 Å². The summed E-state index contributed by atoms with van der Waals surface area (Å²) in [6.07, 6.45) is 4.09. The molecule has 2 aromatic rings. The number of aromatic nitrogens is 1. The summed E-state index contributed by atoms with van der Waals surface area (Å²) in [6, 6.07) is 8.50. The summed E-state index contributed by atoms with van der Waals surface area (Å²) in [5.74, 6) is 0.161. The fourth-order valence-corrected chi connectivity index (χ4v) is 4.42. The molecule has 3 amide bonds. The highest BCUT2D eigenvalue weighted by Crippen LogP contribution is 2.32. The van der Waals surface area contributed by atoms with Crippen molar-refractivity contribution < 1.29 is 9.59 Å². The van der Waals surface area contributed by atoms with Crippen molar-refractivity contribution in [1.29, 1.82) is 0 Å². The second kappa shape index (κ2) is 6.67. The van der Waals surface area contributed by atoms with Crippen LogP contribution >= 0.6 is 0 Å². The molecule has 2 aliphatic rings. The lowest BCUT2D eigenvalue weighted by atomic mass is 10.1. The van der Waals surface area contributed by atoms with Gasteiger partial charge in [0.25, 0.3) is 0 Å². The van der Waals surface area contributed by atoms with Crippen LogP contribution in [0.1, 0.15) is 32.3 Å². The molecule has 2 atom stereocenters. The van der Waals surface area contributed by atoms with Crippen LogP contribution in [-0.4, -0.2) is 57.9 Å². The number of hydrogen-bond donors (Lipinski definition) is 2. The van der Waals surface area contributed by atoms with Crippen molar-refractivity contribution in [2.45, 2.75) is 51.2 Å². The van der Waals surface area contributed by atoms with Crippen LogP contribution in [0.3, 0.4) is 0 Å². The molecule has 6 nitrogen and oxygen atoms in total. The van der Waals surface area contributed by atoms with E-state index in [-0.39, 0.29) is 30.1 Å². The lowest BCUT2D eigenvalue weighted by Crippen LogP contribution is -2.47. The molecule has 2 fully saturated rings. The number of H-pyrrole nitrogens is 1. The van der Waals surface area contributed by atoms with Gasteiger partial charge in [-0.3, -0.25) is 4.79 Å². The maximum absolute atomic E-state index is 12.9. The zero-order valence-electron chi connectivity index (χ0n) is 15.4. The number of nitrogens with one attached hydrogen (secondary N) is 2. The summed E-state index contributed by atoms with van der Waals surface area (Å²) in [7, 11) is 0. The topological polar surface area (TPSA) is 68.4 Å². The van der Waals surface area contributed by atoms with E-state index in [1.807, 2.05) is 48.0 Å². The van der Waals surface area contributed by atoms with E-state index in [0.29, 0.717) is 6.42 Å². The molecule has 26 heavy (non-hydrogen) atoms. The third kappa shape index (κ3) is 2.93. The molecular weight excluding hydrogens is 328 g/mol. The van der Waals surface area contributed by atoms with Crippen LogP contribution < -0.4 is 5.32 Å². The summed E-state index contributed by atoms with van der Waals surface area (Å²) in [5, 5.41) is 4.09. The lowest BCUT2D eigenvalue weighted by molar-refractivity contribution is -0.131. The second-order valence-corrected chi connectivity index (χ2v) is 7.63. The first-order chi connectivity index (χ1) is 12.5. The normalized spacial score (nSPS) is 22.3. The Morgan fingerprint density at radius 1 is 1.15 bits per heavy atom. The standard InChI is InChI=1S/C20H26N4O2/c1-13(2)22-20(26)24-10-8-17-18(24)7-9-23(17)19(25)11-14-12-21-16-6-4-3-5-15(14)16/h3-6,12-13,17-18,21H,7-11H2,1-2H3,(H,22,26)/t17-,18-/m0/s1. The van der Waals surface area contributed by atoms with Crippen molar-refractivity contribution in [3.63, 3.8) is 0 Å². The van der Waals surface area contributed by atoms with Crippen molar-refractivity contribution in [2.75, 3.05) is 13.1 Å². The SMILES string of the molecule is CC(C)NC(=O)N1CC[C@H]2[C@@H]1CCN2C(=O)Cc1c[nH]c2ccccc12. The Balaban J connectivity index is 1.45. The fourth-order valence-electron chi connectivity index (χ4n) is 4.42. The monoisotopic (exact) mass is 354 g/mol. The Morgan fingerprint density at radius 2 is 1.85 bits per heavy atom. The zero-order chi connectivity index (χ0) is 18.3. The molecule has 0 aliphatic carbocycles. The minimum absolute atomic E-state index is 0.00146. The quantitative estimate of drug-likeness (QED) is 0.889. The predicted molar refractivity (Wildman–Crippen MR) is 101 cm³/mol. The number of urea groups is 1. The summed E-state index contributed by atoms with van der Waals surface area (Å²) < 4.78 is 0. The number of benzene rings is 1. The highest BCUT2D eigenvalue weighted by Gasteiger charge is 2.46. The van der Waals surface area contributed by atoms with E-state index in [4.69, 9.17) is 0 Å². The van der Waals surface area contributed by atoms with Gasteiger partial charge in [0, 0.05) is 36.2 Å². The van der Waals surface area contributed by atoms with Gasteiger partial charge < -0.3 is 20.1 Å². The van der Waals surface area contributed by atoms with Crippen LogP contribution in [0.25, 0.3) is 10.9 Å². The largest absolute Gasteiger partial charge is 0.361 e. The Morgan fingerprint density at radius 3 is 2.62 bits per heavy atom. The van der Waals surface area contributed by atoms with E-state index >= 15 is 0 Å². The van der Waals surface area contributed by atoms with Crippen LogP contribution in [0.2, 0.25) is 0 Å². The third-order valence-electron chi connectivity index (χ3n) is 5.59. The number of nitrogens with zero attached hydrogens (tertiary/aromatic N) is 2. The Kier molecular flexibility index (Phi) is 4.34. The van der Waals surface area contributed by atoms with Gasteiger partial charge in [-0.1, -0.05) is 18.2 Å². The molecule has 138 valence electrons. The van der Waals surface area contributed by atoms with Crippen LogP contribution in [0.5, 0.6) is 0 Å². The molecule has 0 spiro atoms. The number of likely N-dealkylation sites (tertiary alicyclic amines) is 2. The van der Waals surface area contributed by atoms with E-state index in [0.717, 1.165) is 42.4 Å². The van der Waals surface area contributed by atoms with Gasteiger partial charge >= 0.3 is 6.03 Å². The van der Waals surface area contributed by atoms with Crippen LogP contribution in [0.15, 0.2) is 30.5 Å². The summed E-state index contributed by atoms with van der Waals surface area (Å²) in [4.78, 5) is 32.5. The van der Waals surface area contributed by atoms with Crippen LogP contribution in [0, 0.1) is 0 Å². The zero-order valence-corrected chi connectivity index (χ0v) is 15.4. The Bertz CT molecular complexity index is 828. The molecule has 2 aliphatic heterocycles. The van der Waals surface area contributed by atoms with Crippen molar-refractivity contribution in [1.82, 2.24) is 20.1 Å². The van der Waals surface area contributed by atoms with E-state index in [9.17, 15) is 9.59 Å². The molecule has 2 N–H and O–H groups in total. The number of fused-ring (bicyclic) bond motifs is 2. The molecule has 4 rings (SSSR count). The van der Waals surface area contributed by atoms with E-state index < -0.39 is 0 Å². The number of aromatic amines is 1. The molecule has 0 bridgehead atoms. The molecule has 6 heteroatoms. The maximum atomic E-state index is 12.9. The van der Waals surface area contributed by atoms with E-state index in [1.54, 1.807) is 0 Å². The van der Waals surface area contributed by atoms with Gasteiger partial charge in [0.15, 0.2) is 0 Å². The maximum Gasteiger partial charge on any atom is 0.317 e. The van der Waals surface area contributed by atoms with Gasteiger partial charge in [0.2, 0.25) is 5.91 Å². The number of carbonyl (C=O) groups is 2. The van der Waals surface area contributed by atoms with Crippen LogP contribution in [0.4, 0.5) is 4.79 Å². The second-order valence-electron chi connectivity index (χ2n) is 7.63. The fraction of sp³-hybridized carbons (Fsp3) is 0.500. The van der Waals surface area contributed by atoms with Gasteiger partial charge in [-0.15, -0.1) is 0 Å². The minimum atomic E-state index is -0.00146. The van der Waals surface area contributed by atoms with Gasteiger partial charge in [-0.2, -0.15) is 0 Å². The van der Waals surface area contributed by atoms with Gasteiger partial charge in [-0.25, -0.2) is 4.79 Å². The number of rotatable bonds is 3. The molecule has 3 heterocycles. The van der Waals surface area contributed by atoms with Crippen molar-refractivity contribution in [3.05, 3.63) is 36.0 Å². The molecule has 1 aromatic carbocycles. The highest BCUT2D eigenvalue weighted by atomic mass is 16.2. The van der Waals surface area contributed by atoms with Crippen LogP contribution in [-0.2, 0) is 11.2 Å². The number of amides is 3. The third-order valence-corrected chi connectivity index (χ3v) is 5.59. The van der Waals surface area contributed by atoms with E-state index in [2.05, 4.69) is 16.4 Å². The minimum Gasteiger partial charge on any atom is -0.361 e.